The molecular weight excluding hydrogens is 482 g/mol. The Bertz CT molecular complexity index is 1190. The van der Waals surface area contributed by atoms with E-state index >= 15 is 0 Å². The van der Waals surface area contributed by atoms with E-state index in [1.807, 2.05) is 58.9 Å². The van der Waals surface area contributed by atoms with Gasteiger partial charge < -0.3 is 20.1 Å². The van der Waals surface area contributed by atoms with Gasteiger partial charge in [0.25, 0.3) is 5.91 Å². The number of nitrogens with zero attached hydrogens (tertiary/aromatic N) is 2. The monoisotopic (exact) mass is 521 g/mol. The molecule has 9 nitrogen and oxygen atoms in total. The third-order valence-electron chi connectivity index (χ3n) is 7.70. The van der Waals surface area contributed by atoms with Gasteiger partial charge in [-0.25, -0.2) is 0 Å². The molecule has 1 saturated heterocycles. The van der Waals surface area contributed by atoms with Gasteiger partial charge in [-0.1, -0.05) is 32.0 Å². The number of hydrogen-bond donors (Lipinski definition) is 3. The fourth-order valence-corrected chi connectivity index (χ4v) is 5.19. The Morgan fingerprint density at radius 2 is 2.03 bits per heavy atom. The lowest BCUT2D eigenvalue weighted by Gasteiger charge is -2.45. The number of guanidine groups is 1. The van der Waals surface area contributed by atoms with Gasteiger partial charge in [-0.3, -0.25) is 24.9 Å². The summed E-state index contributed by atoms with van der Waals surface area (Å²) >= 11 is 0. The number of benzene rings is 1. The first kappa shape index (κ1) is 27.6. The second-order valence-electron chi connectivity index (χ2n) is 11.4. The van der Waals surface area contributed by atoms with E-state index in [0.717, 1.165) is 11.3 Å². The Morgan fingerprint density at radius 1 is 1.29 bits per heavy atom. The molecule has 2 aliphatic rings. The number of hydrogen-bond acceptors (Lipinski definition) is 6. The topological polar surface area (TPSA) is 117 Å². The fourth-order valence-electron chi connectivity index (χ4n) is 5.19. The molecular formula is C29H39N5O4. The van der Waals surface area contributed by atoms with Crippen molar-refractivity contribution in [1.82, 2.24) is 20.5 Å². The Balaban J connectivity index is 1.59. The molecule has 38 heavy (non-hydrogen) atoms. The molecule has 1 aromatic heterocycles. The molecule has 0 saturated carbocycles. The van der Waals surface area contributed by atoms with Crippen molar-refractivity contribution in [3.05, 3.63) is 59.4 Å². The van der Waals surface area contributed by atoms with E-state index in [2.05, 4.69) is 15.6 Å². The van der Waals surface area contributed by atoms with Crippen LogP contribution in [-0.4, -0.2) is 52.5 Å². The van der Waals surface area contributed by atoms with Gasteiger partial charge in [0.05, 0.1) is 24.1 Å². The summed E-state index contributed by atoms with van der Waals surface area (Å²) in [5, 5.41) is 15.1. The van der Waals surface area contributed by atoms with Crippen LogP contribution < -0.4 is 15.4 Å². The fraction of sp³-hybridized carbons (Fsp3) is 0.517. The number of rotatable bonds is 8. The molecule has 2 aromatic rings. The number of carbonyl (C=O) groups excluding carboxylic acids is 2. The quantitative estimate of drug-likeness (QED) is 0.475. The number of aromatic nitrogens is 1. The average molecular weight is 522 g/mol. The van der Waals surface area contributed by atoms with Gasteiger partial charge in [-0.15, -0.1) is 0 Å². The zero-order chi connectivity index (χ0) is 27.7. The molecule has 4 rings (SSSR count). The second kappa shape index (κ2) is 10.7. The van der Waals surface area contributed by atoms with Gasteiger partial charge >= 0.3 is 0 Å². The summed E-state index contributed by atoms with van der Waals surface area (Å²) in [7, 11) is 1.60. The number of fused-ring (bicyclic) bond motifs is 1. The van der Waals surface area contributed by atoms with Crippen LogP contribution >= 0.6 is 0 Å². The summed E-state index contributed by atoms with van der Waals surface area (Å²) in [6, 6.07) is 8.79. The maximum atomic E-state index is 13.4. The molecule has 2 aliphatic heterocycles. The van der Waals surface area contributed by atoms with Crippen molar-refractivity contribution in [3.8, 4) is 5.75 Å². The van der Waals surface area contributed by atoms with Crippen LogP contribution in [0.5, 0.6) is 5.75 Å². The van der Waals surface area contributed by atoms with Crippen molar-refractivity contribution >= 4 is 17.8 Å². The smallest absolute Gasteiger partial charge is 0.253 e. The molecule has 0 aliphatic carbocycles. The number of pyridine rings is 1. The van der Waals surface area contributed by atoms with Gasteiger partial charge in [-0.2, -0.15) is 0 Å². The minimum Gasteiger partial charge on any atom is -0.487 e. The molecule has 0 spiro atoms. The largest absolute Gasteiger partial charge is 0.487 e. The summed E-state index contributed by atoms with van der Waals surface area (Å²) in [6.45, 7) is 10.4. The lowest BCUT2D eigenvalue weighted by molar-refractivity contribution is -0.133. The Kier molecular flexibility index (Phi) is 7.78. The number of methoxy groups -OCH3 is 1. The molecule has 0 bridgehead atoms. The number of ether oxygens (including phenoxy) is 2. The highest BCUT2D eigenvalue weighted by molar-refractivity contribution is 6.00. The molecule has 204 valence electrons. The highest BCUT2D eigenvalue weighted by Crippen LogP contribution is 2.39. The molecule has 3 atom stereocenters. The highest BCUT2D eigenvalue weighted by Gasteiger charge is 2.43. The SMILES string of the molecule is COCCC(c1cncc(C(=O)N[C@H]2CC(C)(C)Oc3ccccc32)c1)N1C(=N)N[C@](C)(C(C)C)CC1=O. The summed E-state index contributed by atoms with van der Waals surface area (Å²) in [4.78, 5) is 32.6. The van der Waals surface area contributed by atoms with E-state index in [1.54, 1.807) is 19.4 Å². The van der Waals surface area contributed by atoms with Crippen LogP contribution in [0.25, 0.3) is 0 Å². The van der Waals surface area contributed by atoms with Crippen LogP contribution in [0.2, 0.25) is 0 Å². The Morgan fingerprint density at radius 3 is 2.71 bits per heavy atom. The van der Waals surface area contributed by atoms with Crippen LogP contribution in [0.15, 0.2) is 42.7 Å². The van der Waals surface area contributed by atoms with Gasteiger partial charge in [0.15, 0.2) is 5.96 Å². The van der Waals surface area contributed by atoms with Gasteiger partial charge in [-0.05, 0) is 50.8 Å². The number of para-hydroxylation sites is 1. The van der Waals surface area contributed by atoms with Gasteiger partial charge in [0, 0.05) is 43.6 Å². The summed E-state index contributed by atoms with van der Waals surface area (Å²) in [5.74, 6) is 0.591. The summed E-state index contributed by atoms with van der Waals surface area (Å²) in [5.41, 5.74) is 1.08. The van der Waals surface area contributed by atoms with Crippen molar-refractivity contribution in [2.24, 2.45) is 5.92 Å². The molecule has 1 unspecified atom stereocenters. The number of amides is 2. The van der Waals surface area contributed by atoms with Crippen LogP contribution in [0.3, 0.4) is 0 Å². The van der Waals surface area contributed by atoms with Crippen molar-refractivity contribution < 1.29 is 19.1 Å². The van der Waals surface area contributed by atoms with Crippen molar-refractivity contribution in [1.29, 1.82) is 5.41 Å². The number of nitrogens with one attached hydrogen (secondary N) is 3. The zero-order valence-corrected chi connectivity index (χ0v) is 23.1. The molecule has 3 heterocycles. The summed E-state index contributed by atoms with van der Waals surface area (Å²) in [6.07, 6.45) is 4.53. The molecule has 9 heteroatoms. The first-order chi connectivity index (χ1) is 17.9. The minimum atomic E-state index is -0.498. The molecule has 1 fully saturated rings. The predicted octanol–water partition coefficient (Wildman–Crippen LogP) is 4.36. The maximum absolute atomic E-state index is 13.4. The van der Waals surface area contributed by atoms with Crippen LogP contribution in [0.1, 0.15) is 87.4 Å². The second-order valence-corrected chi connectivity index (χ2v) is 11.4. The maximum Gasteiger partial charge on any atom is 0.253 e. The molecule has 0 radical (unpaired) electrons. The third kappa shape index (κ3) is 5.67. The van der Waals surface area contributed by atoms with Crippen molar-refractivity contribution in [2.75, 3.05) is 13.7 Å². The lowest BCUT2D eigenvalue weighted by atomic mass is 9.83. The predicted molar refractivity (Wildman–Crippen MR) is 145 cm³/mol. The van der Waals surface area contributed by atoms with Crippen LogP contribution in [-0.2, 0) is 9.53 Å². The Hall–Kier alpha value is -3.46. The van der Waals surface area contributed by atoms with E-state index in [9.17, 15) is 9.59 Å². The van der Waals surface area contributed by atoms with E-state index in [4.69, 9.17) is 14.9 Å². The first-order valence-corrected chi connectivity index (χ1v) is 13.2. The van der Waals surface area contributed by atoms with Crippen molar-refractivity contribution in [2.45, 2.75) is 77.1 Å². The Labute approximate surface area is 224 Å². The van der Waals surface area contributed by atoms with Gasteiger partial charge in [0.1, 0.15) is 11.4 Å². The first-order valence-electron chi connectivity index (χ1n) is 13.2. The van der Waals surface area contributed by atoms with Crippen LogP contribution in [0.4, 0.5) is 0 Å². The minimum absolute atomic E-state index is 0.0504. The van der Waals surface area contributed by atoms with E-state index in [0.29, 0.717) is 30.6 Å². The highest BCUT2D eigenvalue weighted by atomic mass is 16.5. The van der Waals surface area contributed by atoms with Crippen molar-refractivity contribution in [3.63, 3.8) is 0 Å². The van der Waals surface area contributed by atoms with Gasteiger partial charge in [0.2, 0.25) is 5.91 Å². The number of carbonyl (C=O) groups is 2. The average Bonchev–Trinajstić information content (AvgIpc) is 2.84. The van der Waals surface area contributed by atoms with E-state index in [-0.39, 0.29) is 36.2 Å². The molecule has 2 amide bonds. The van der Waals surface area contributed by atoms with E-state index in [1.165, 1.54) is 11.1 Å². The third-order valence-corrected chi connectivity index (χ3v) is 7.70. The van der Waals surface area contributed by atoms with Crippen LogP contribution in [0, 0.1) is 11.3 Å². The molecule has 1 aromatic carbocycles. The molecule has 3 N–H and O–H groups in total. The zero-order valence-electron chi connectivity index (χ0n) is 23.1. The van der Waals surface area contributed by atoms with E-state index < -0.39 is 17.2 Å². The normalized spacial score (nSPS) is 23.3. The lowest BCUT2D eigenvalue weighted by Crippen LogP contribution is -2.63. The summed E-state index contributed by atoms with van der Waals surface area (Å²) < 4.78 is 11.4. The standard InChI is InChI=1S/C29H39N5O4/c1-18(2)29(5)15-25(35)34(27(30)33-29)23(11-12-37-6)19-13-20(17-31-16-19)26(36)32-22-14-28(3,4)38-24-10-8-7-9-21(22)24/h7-10,13,16-18,22-23H,11-12,14-15H2,1-6H3,(H2,30,33)(H,32,36)/t22-,23?,29-/m0/s1.